The van der Waals surface area contributed by atoms with Gasteiger partial charge in [0.25, 0.3) is 11.6 Å². The fraction of sp³-hybridized carbons (Fsp3) is 0.211. The van der Waals surface area contributed by atoms with Crippen molar-refractivity contribution in [3.63, 3.8) is 0 Å². The van der Waals surface area contributed by atoms with Crippen LogP contribution in [-0.4, -0.2) is 24.0 Å². The van der Waals surface area contributed by atoms with Gasteiger partial charge in [0.1, 0.15) is 12.4 Å². The highest BCUT2D eigenvalue weighted by Gasteiger charge is 2.17. The van der Waals surface area contributed by atoms with Crippen LogP contribution in [0.2, 0.25) is 0 Å². The number of nitrogens with one attached hydrogen (secondary N) is 1. The van der Waals surface area contributed by atoms with Gasteiger partial charge in [0.2, 0.25) is 0 Å². The molecule has 1 amide bonds. The average molecular weight is 338 g/mol. The Balaban J connectivity index is 1.87. The van der Waals surface area contributed by atoms with Gasteiger partial charge < -0.3 is 10.1 Å². The van der Waals surface area contributed by atoms with E-state index in [2.05, 4.69) is 17.2 Å². The molecule has 6 nitrogen and oxygen atoms in total. The summed E-state index contributed by atoms with van der Waals surface area (Å²) < 4.78 is 5.53. The van der Waals surface area contributed by atoms with Crippen LogP contribution in [0.3, 0.4) is 0 Å². The van der Waals surface area contributed by atoms with E-state index in [4.69, 9.17) is 4.74 Å². The summed E-state index contributed by atoms with van der Waals surface area (Å²) in [6.07, 6.45) is 0. The molecule has 0 aliphatic heterocycles. The number of carbonyl (C=O) groups excluding carboxylic acids is 1. The standard InChI is InChI=1S/C19H18N2O4/c1-14-8-3-4-11-18(14)25-13-6-5-12-20-19(22)16-9-7-10-17(15(16)2)21(23)24/h3-4,7-11H,12-13H2,1-2H3,(H,20,22). The summed E-state index contributed by atoms with van der Waals surface area (Å²) in [5.74, 6) is 5.99. The van der Waals surface area contributed by atoms with E-state index < -0.39 is 10.8 Å². The molecule has 0 aliphatic rings. The molecule has 25 heavy (non-hydrogen) atoms. The summed E-state index contributed by atoms with van der Waals surface area (Å²) in [6, 6.07) is 12.0. The molecular formula is C19H18N2O4. The number of ether oxygens (including phenoxy) is 1. The third kappa shape index (κ3) is 4.82. The van der Waals surface area contributed by atoms with Crippen LogP contribution < -0.4 is 10.1 Å². The molecular weight excluding hydrogens is 320 g/mol. The summed E-state index contributed by atoms with van der Waals surface area (Å²) in [7, 11) is 0. The van der Waals surface area contributed by atoms with Gasteiger partial charge in [-0.25, -0.2) is 0 Å². The summed E-state index contributed by atoms with van der Waals surface area (Å²) >= 11 is 0. The van der Waals surface area contributed by atoms with Gasteiger partial charge >= 0.3 is 0 Å². The Bertz CT molecular complexity index is 850. The van der Waals surface area contributed by atoms with E-state index >= 15 is 0 Å². The first-order valence-corrected chi connectivity index (χ1v) is 7.67. The van der Waals surface area contributed by atoms with Crippen LogP contribution in [0.5, 0.6) is 5.75 Å². The van der Waals surface area contributed by atoms with E-state index in [1.807, 2.05) is 31.2 Å². The molecule has 6 heteroatoms. The minimum absolute atomic E-state index is 0.0784. The number of hydrogen-bond acceptors (Lipinski definition) is 4. The van der Waals surface area contributed by atoms with Crippen molar-refractivity contribution in [3.8, 4) is 17.6 Å². The van der Waals surface area contributed by atoms with Crippen molar-refractivity contribution in [3.05, 3.63) is 69.3 Å². The lowest BCUT2D eigenvalue weighted by Crippen LogP contribution is -2.24. The molecule has 0 bridgehead atoms. The first kappa shape index (κ1) is 18.0. The summed E-state index contributed by atoms with van der Waals surface area (Å²) in [4.78, 5) is 22.5. The quantitative estimate of drug-likeness (QED) is 0.516. The normalized spacial score (nSPS) is 9.68. The molecule has 0 saturated carbocycles. The van der Waals surface area contributed by atoms with Crippen molar-refractivity contribution < 1.29 is 14.5 Å². The van der Waals surface area contributed by atoms with Crippen molar-refractivity contribution in [2.24, 2.45) is 0 Å². The van der Waals surface area contributed by atoms with Crippen LogP contribution in [0, 0.1) is 35.8 Å². The van der Waals surface area contributed by atoms with Gasteiger partial charge in [-0.15, -0.1) is 0 Å². The second-order valence-corrected chi connectivity index (χ2v) is 5.30. The fourth-order valence-electron chi connectivity index (χ4n) is 2.23. The van der Waals surface area contributed by atoms with E-state index in [1.54, 1.807) is 13.0 Å². The van der Waals surface area contributed by atoms with Gasteiger partial charge in [0.15, 0.2) is 0 Å². The molecule has 0 radical (unpaired) electrons. The molecule has 0 aliphatic carbocycles. The summed E-state index contributed by atoms with van der Waals surface area (Å²) in [5.41, 5.74) is 1.55. The lowest BCUT2D eigenvalue weighted by Gasteiger charge is -2.06. The van der Waals surface area contributed by atoms with Crippen LogP contribution >= 0.6 is 0 Å². The van der Waals surface area contributed by atoms with Gasteiger partial charge in [-0.2, -0.15) is 0 Å². The molecule has 2 aromatic carbocycles. The second-order valence-electron chi connectivity index (χ2n) is 5.30. The highest BCUT2D eigenvalue weighted by atomic mass is 16.6. The molecule has 2 aromatic rings. The first-order chi connectivity index (χ1) is 12.0. The van der Waals surface area contributed by atoms with E-state index in [9.17, 15) is 14.9 Å². The Morgan fingerprint density at radius 2 is 1.92 bits per heavy atom. The lowest BCUT2D eigenvalue weighted by molar-refractivity contribution is -0.385. The highest BCUT2D eigenvalue weighted by Crippen LogP contribution is 2.20. The number of nitrogens with zero attached hydrogens (tertiary/aromatic N) is 1. The van der Waals surface area contributed by atoms with E-state index in [1.165, 1.54) is 12.1 Å². The molecule has 0 aromatic heterocycles. The number of nitro benzene ring substituents is 1. The lowest BCUT2D eigenvalue weighted by atomic mass is 10.1. The number of benzene rings is 2. The monoisotopic (exact) mass is 338 g/mol. The van der Waals surface area contributed by atoms with Crippen LogP contribution in [0.25, 0.3) is 0 Å². The number of hydrogen-bond donors (Lipinski definition) is 1. The van der Waals surface area contributed by atoms with Gasteiger partial charge in [0, 0.05) is 17.2 Å². The minimum Gasteiger partial charge on any atom is -0.481 e. The van der Waals surface area contributed by atoms with Crippen molar-refractivity contribution in [1.82, 2.24) is 5.32 Å². The Kier molecular flexibility index (Phi) is 6.13. The van der Waals surface area contributed by atoms with Gasteiger partial charge in [0.05, 0.1) is 11.5 Å². The molecule has 0 heterocycles. The number of para-hydroxylation sites is 1. The largest absolute Gasteiger partial charge is 0.481 e. The molecule has 0 atom stereocenters. The van der Waals surface area contributed by atoms with Gasteiger partial charge in [-0.3, -0.25) is 14.9 Å². The van der Waals surface area contributed by atoms with E-state index in [0.29, 0.717) is 5.56 Å². The van der Waals surface area contributed by atoms with Gasteiger partial charge in [-0.05, 0) is 31.5 Å². The second kappa shape index (κ2) is 8.50. The zero-order chi connectivity index (χ0) is 18.2. The predicted molar refractivity (Wildman–Crippen MR) is 94.6 cm³/mol. The molecule has 128 valence electrons. The molecule has 0 saturated heterocycles. The Morgan fingerprint density at radius 1 is 1.16 bits per heavy atom. The number of amides is 1. The number of nitro groups is 1. The predicted octanol–water partition coefficient (Wildman–Crippen LogP) is 3.02. The fourth-order valence-corrected chi connectivity index (χ4v) is 2.23. The van der Waals surface area contributed by atoms with Crippen molar-refractivity contribution in [1.29, 1.82) is 0 Å². The van der Waals surface area contributed by atoms with Crippen LogP contribution in [0.4, 0.5) is 5.69 Å². The number of aryl methyl sites for hydroxylation is 1. The van der Waals surface area contributed by atoms with Crippen LogP contribution in [-0.2, 0) is 0 Å². The molecule has 0 unspecified atom stereocenters. The molecule has 2 rings (SSSR count). The third-order valence-electron chi connectivity index (χ3n) is 3.60. The number of carbonyl (C=O) groups is 1. The summed E-state index contributed by atoms with van der Waals surface area (Å²) in [6.45, 7) is 3.85. The first-order valence-electron chi connectivity index (χ1n) is 7.67. The zero-order valence-corrected chi connectivity index (χ0v) is 14.0. The molecule has 0 spiro atoms. The average Bonchev–Trinajstić information content (AvgIpc) is 2.59. The Hall–Kier alpha value is -3.33. The SMILES string of the molecule is Cc1ccccc1OCC#CCNC(=O)c1cccc([N+](=O)[O-])c1C. The van der Waals surface area contributed by atoms with Crippen LogP contribution in [0.1, 0.15) is 21.5 Å². The van der Waals surface area contributed by atoms with E-state index in [-0.39, 0.29) is 24.4 Å². The smallest absolute Gasteiger partial charge is 0.273 e. The van der Waals surface area contributed by atoms with Gasteiger partial charge in [-0.1, -0.05) is 36.1 Å². The Morgan fingerprint density at radius 3 is 2.64 bits per heavy atom. The molecule has 1 N–H and O–H groups in total. The molecule has 0 fully saturated rings. The number of rotatable bonds is 5. The Labute approximate surface area is 146 Å². The highest BCUT2D eigenvalue weighted by molar-refractivity contribution is 5.96. The van der Waals surface area contributed by atoms with Crippen LogP contribution in [0.15, 0.2) is 42.5 Å². The maximum Gasteiger partial charge on any atom is 0.273 e. The maximum absolute atomic E-state index is 12.1. The third-order valence-corrected chi connectivity index (χ3v) is 3.60. The van der Waals surface area contributed by atoms with Crippen molar-refractivity contribution in [2.75, 3.05) is 13.2 Å². The van der Waals surface area contributed by atoms with Crippen molar-refractivity contribution >= 4 is 11.6 Å². The zero-order valence-electron chi connectivity index (χ0n) is 14.0. The summed E-state index contributed by atoms with van der Waals surface area (Å²) in [5, 5.41) is 13.5. The van der Waals surface area contributed by atoms with E-state index in [0.717, 1.165) is 11.3 Å². The minimum atomic E-state index is -0.505. The maximum atomic E-state index is 12.1. The topological polar surface area (TPSA) is 81.5 Å². The van der Waals surface area contributed by atoms with Crippen molar-refractivity contribution in [2.45, 2.75) is 13.8 Å².